The van der Waals surface area contributed by atoms with Crippen molar-refractivity contribution in [2.24, 2.45) is 11.8 Å². The Morgan fingerprint density at radius 3 is 2.97 bits per heavy atom. The number of rotatable bonds is 5. The SMILES string of the molecule is O=C(NCCc1c[nH]c2ccccc12)[C@H]1[C@@H]2C=C[C@@]3(CN(C4CCCC4)C(=O)[C@@H]13)O2. The molecule has 3 fully saturated rings. The number of hydrogen-bond acceptors (Lipinski definition) is 3. The van der Waals surface area contributed by atoms with Crippen molar-refractivity contribution in [1.82, 2.24) is 15.2 Å². The quantitative estimate of drug-likeness (QED) is 0.751. The van der Waals surface area contributed by atoms with Crippen LogP contribution >= 0.6 is 0 Å². The van der Waals surface area contributed by atoms with Gasteiger partial charge in [-0.05, 0) is 30.9 Å². The number of aromatic nitrogens is 1. The van der Waals surface area contributed by atoms with E-state index in [2.05, 4.69) is 22.4 Å². The van der Waals surface area contributed by atoms with Gasteiger partial charge in [0, 0.05) is 29.7 Å². The van der Waals surface area contributed by atoms with Crippen LogP contribution in [0.25, 0.3) is 10.9 Å². The fourth-order valence-corrected chi connectivity index (χ4v) is 6.13. The van der Waals surface area contributed by atoms with Crippen LogP contribution in [-0.2, 0) is 20.7 Å². The summed E-state index contributed by atoms with van der Waals surface area (Å²) in [5.41, 5.74) is 1.70. The van der Waals surface area contributed by atoms with Gasteiger partial charge in [0.1, 0.15) is 5.60 Å². The van der Waals surface area contributed by atoms with Gasteiger partial charge in [-0.1, -0.05) is 43.2 Å². The zero-order chi connectivity index (χ0) is 20.3. The zero-order valence-corrected chi connectivity index (χ0v) is 17.0. The number of fused-ring (bicyclic) bond motifs is 2. The number of ether oxygens (including phenoxy) is 1. The smallest absolute Gasteiger partial charge is 0.230 e. The summed E-state index contributed by atoms with van der Waals surface area (Å²) >= 11 is 0. The van der Waals surface area contributed by atoms with Gasteiger partial charge in [0.15, 0.2) is 0 Å². The van der Waals surface area contributed by atoms with Crippen LogP contribution in [0.15, 0.2) is 42.6 Å². The van der Waals surface area contributed by atoms with Crippen molar-refractivity contribution in [2.75, 3.05) is 13.1 Å². The normalized spacial score (nSPS) is 32.5. The molecule has 4 atom stereocenters. The number of aromatic amines is 1. The van der Waals surface area contributed by atoms with E-state index < -0.39 is 11.5 Å². The summed E-state index contributed by atoms with van der Waals surface area (Å²) in [5, 5.41) is 4.28. The van der Waals surface area contributed by atoms with Crippen LogP contribution in [-0.4, -0.2) is 52.5 Å². The van der Waals surface area contributed by atoms with Crippen LogP contribution in [0.2, 0.25) is 0 Å². The Labute approximate surface area is 175 Å². The third-order valence-corrected chi connectivity index (χ3v) is 7.57. The van der Waals surface area contributed by atoms with Gasteiger partial charge in [-0.2, -0.15) is 0 Å². The summed E-state index contributed by atoms with van der Waals surface area (Å²) in [6.07, 6.45) is 11.0. The van der Waals surface area contributed by atoms with Crippen molar-refractivity contribution in [1.29, 1.82) is 0 Å². The lowest BCUT2D eigenvalue weighted by molar-refractivity contribution is -0.138. The topological polar surface area (TPSA) is 74.4 Å². The fourth-order valence-electron chi connectivity index (χ4n) is 6.13. The Hall–Kier alpha value is -2.60. The van der Waals surface area contributed by atoms with Gasteiger partial charge in [-0.15, -0.1) is 0 Å². The molecule has 30 heavy (non-hydrogen) atoms. The van der Waals surface area contributed by atoms with E-state index in [0.29, 0.717) is 19.1 Å². The van der Waals surface area contributed by atoms with Gasteiger partial charge in [-0.25, -0.2) is 0 Å². The molecule has 6 heteroatoms. The van der Waals surface area contributed by atoms with Crippen molar-refractivity contribution in [3.63, 3.8) is 0 Å². The number of nitrogens with one attached hydrogen (secondary N) is 2. The van der Waals surface area contributed by atoms with Crippen molar-refractivity contribution in [3.05, 3.63) is 48.2 Å². The minimum atomic E-state index is -0.594. The Bertz CT molecular complexity index is 1040. The summed E-state index contributed by atoms with van der Waals surface area (Å²) in [6, 6.07) is 8.50. The zero-order valence-electron chi connectivity index (χ0n) is 17.0. The number of amides is 2. The average molecular weight is 405 g/mol. The summed E-state index contributed by atoms with van der Waals surface area (Å²) < 4.78 is 6.25. The van der Waals surface area contributed by atoms with Gasteiger partial charge in [0.2, 0.25) is 11.8 Å². The maximum Gasteiger partial charge on any atom is 0.230 e. The fraction of sp³-hybridized carbons (Fsp3) is 0.500. The molecule has 156 valence electrons. The van der Waals surface area contributed by atoms with Gasteiger partial charge in [0.05, 0.1) is 24.5 Å². The molecule has 6 rings (SSSR count). The molecular formula is C24H27N3O3. The molecule has 2 aromatic rings. The highest BCUT2D eigenvalue weighted by molar-refractivity contribution is 5.93. The standard InChI is InChI=1S/C24H27N3O3/c28-22(25-12-10-15-13-26-18-8-4-3-7-17(15)18)20-19-9-11-24(30-19)14-27(23(29)21(20)24)16-5-1-2-6-16/h3-4,7-9,11,13,16,19-21,26H,1-2,5-6,10,12,14H2,(H,25,28)/t19-,20-,21+,24-/m0/s1. The van der Waals surface area contributed by atoms with E-state index >= 15 is 0 Å². The number of likely N-dealkylation sites (tertiary alicyclic amines) is 1. The summed E-state index contributed by atoms with van der Waals surface area (Å²) in [5.74, 6) is -0.735. The molecule has 2 bridgehead atoms. The molecule has 0 unspecified atom stereocenters. The number of benzene rings is 1. The number of carbonyl (C=O) groups is 2. The molecule has 2 N–H and O–H groups in total. The maximum atomic E-state index is 13.3. The van der Waals surface area contributed by atoms with Crippen LogP contribution in [0, 0.1) is 11.8 Å². The second-order valence-electron chi connectivity index (χ2n) is 9.20. The highest BCUT2D eigenvalue weighted by atomic mass is 16.5. The van der Waals surface area contributed by atoms with E-state index in [4.69, 9.17) is 4.74 Å². The van der Waals surface area contributed by atoms with Crippen LogP contribution in [0.4, 0.5) is 0 Å². The maximum absolute atomic E-state index is 13.3. The first-order valence-corrected chi connectivity index (χ1v) is 11.2. The number of H-pyrrole nitrogens is 1. The first kappa shape index (κ1) is 18.2. The molecular weight excluding hydrogens is 378 g/mol. The molecule has 6 nitrogen and oxygen atoms in total. The third-order valence-electron chi connectivity index (χ3n) is 7.57. The minimum Gasteiger partial charge on any atom is -0.361 e. The Balaban J connectivity index is 1.15. The molecule has 4 aliphatic rings. The van der Waals surface area contributed by atoms with Gasteiger partial charge < -0.3 is 19.9 Å². The Kier molecular flexibility index (Phi) is 4.07. The summed E-state index contributed by atoms with van der Waals surface area (Å²) in [6.45, 7) is 1.15. The first-order chi connectivity index (χ1) is 14.7. The van der Waals surface area contributed by atoms with E-state index in [1.807, 2.05) is 35.4 Å². The molecule has 1 aromatic carbocycles. The molecule has 1 saturated carbocycles. The third kappa shape index (κ3) is 2.59. The van der Waals surface area contributed by atoms with Gasteiger partial charge in [0.25, 0.3) is 0 Å². The molecule has 3 aliphatic heterocycles. The van der Waals surface area contributed by atoms with Crippen molar-refractivity contribution in [3.8, 4) is 0 Å². The molecule has 1 spiro atoms. The largest absolute Gasteiger partial charge is 0.361 e. The lowest BCUT2D eigenvalue weighted by atomic mass is 9.77. The lowest BCUT2D eigenvalue weighted by Crippen LogP contribution is -2.45. The second-order valence-corrected chi connectivity index (χ2v) is 9.20. The van der Waals surface area contributed by atoms with E-state index in [1.54, 1.807) is 0 Å². The van der Waals surface area contributed by atoms with Crippen molar-refractivity contribution >= 4 is 22.7 Å². The molecule has 2 saturated heterocycles. The van der Waals surface area contributed by atoms with Gasteiger partial charge in [-0.3, -0.25) is 9.59 Å². The average Bonchev–Trinajstić information content (AvgIpc) is 3.56. The molecule has 1 aromatic heterocycles. The van der Waals surface area contributed by atoms with E-state index in [9.17, 15) is 9.59 Å². The van der Waals surface area contributed by atoms with E-state index in [-0.39, 0.29) is 23.8 Å². The van der Waals surface area contributed by atoms with Crippen LogP contribution in [0.3, 0.4) is 0 Å². The first-order valence-electron chi connectivity index (χ1n) is 11.2. The second kappa shape index (κ2) is 6.71. The summed E-state index contributed by atoms with van der Waals surface area (Å²) in [4.78, 5) is 31.7. The van der Waals surface area contributed by atoms with E-state index in [0.717, 1.165) is 24.8 Å². The van der Waals surface area contributed by atoms with E-state index in [1.165, 1.54) is 23.8 Å². The highest BCUT2D eigenvalue weighted by Gasteiger charge is 2.67. The minimum absolute atomic E-state index is 0.0577. The molecule has 2 amide bonds. The molecule has 4 heterocycles. The van der Waals surface area contributed by atoms with Crippen LogP contribution < -0.4 is 5.32 Å². The number of hydrogen-bond donors (Lipinski definition) is 2. The lowest BCUT2D eigenvalue weighted by Gasteiger charge is -2.27. The number of nitrogens with zero attached hydrogens (tertiary/aromatic N) is 1. The number of para-hydroxylation sites is 1. The molecule has 1 aliphatic carbocycles. The highest BCUT2D eigenvalue weighted by Crippen LogP contribution is 2.53. The van der Waals surface area contributed by atoms with Crippen LogP contribution in [0.5, 0.6) is 0 Å². The summed E-state index contributed by atoms with van der Waals surface area (Å²) in [7, 11) is 0. The van der Waals surface area contributed by atoms with Gasteiger partial charge >= 0.3 is 0 Å². The molecule has 0 radical (unpaired) electrons. The van der Waals surface area contributed by atoms with Crippen LogP contribution in [0.1, 0.15) is 31.2 Å². The predicted octanol–water partition coefficient (Wildman–Crippen LogP) is 2.55. The monoisotopic (exact) mass is 405 g/mol. The van der Waals surface area contributed by atoms with Crippen molar-refractivity contribution < 1.29 is 14.3 Å². The Morgan fingerprint density at radius 1 is 1.27 bits per heavy atom. The Morgan fingerprint density at radius 2 is 2.10 bits per heavy atom. The number of carbonyl (C=O) groups excluding carboxylic acids is 2. The van der Waals surface area contributed by atoms with Crippen molar-refractivity contribution in [2.45, 2.75) is 49.9 Å². The predicted molar refractivity (Wildman–Crippen MR) is 113 cm³/mol.